The van der Waals surface area contributed by atoms with Crippen molar-refractivity contribution < 1.29 is 22.4 Å². The maximum absolute atomic E-state index is 14.5. The molecule has 7 nitrogen and oxygen atoms in total. The Hall–Kier alpha value is -4.21. The summed E-state index contributed by atoms with van der Waals surface area (Å²) in [7, 11) is -4.26. The largest absolute Gasteiger partial charge is 0.354 e. The first kappa shape index (κ1) is 34.7. The second-order valence-corrected chi connectivity index (χ2v) is 13.6. The van der Waals surface area contributed by atoms with Crippen LogP contribution in [0.2, 0.25) is 5.02 Å². The molecule has 0 saturated heterocycles. The lowest BCUT2D eigenvalue weighted by molar-refractivity contribution is -0.140. The minimum Gasteiger partial charge on any atom is -0.354 e. The number of amides is 2. The van der Waals surface area contributed by atoms with E-state index in [2.05, 4.69) is 5.32 Å². The van der Waals surface area contributed by atoms with Crippen LogP contribution in [0.1, 0.15) is 42.0 Å². The number of benzene rings is 4. The van der Waals surface area contributed by atoms with Gasteiger partial charge in [-0.3, -0.25) is 13.9 Å². The Morgan fingerprint density at radius 3 is 2.22 bits per heavy atom. The van der Waals surface area contributed by atoms with Gasteiger partial charge in [-0.15, -0.1) is 0 Å². The van der Waals surface area contributed by atoms with Gasteiger partial charge in [0.15, 0.2) is 0 Å². The van der Waals surface area contributed by atoms with Crippen LogP contribution in [0.15, 0.2) is 102 Å². The number of hydrogen-bond donors (Lipinski definition) is 1. The third-order valence-electron chi connectivity index (χ3n) is 7.69. The molecule has 0 bridgehead atoms. The number of aryl methyl sites for hydroxylation is 2. The number of sulfonamides is 1. The van der Waals surface area contributed by atoms with Crippen molar-refractivity contribution >= 4 is 39.1 Å². The second kappa shape index (κ2) is 15.9. The van der Waals surface area contributed by atoms with Crippen LogP contribution in [0.3, 0.4) is 0 Å². The van der Waals surface area contributed by atoms with Gasteiger partial charge in [0.2, 0.25) is 11.8 Å². The van der Waals surface area contributed by atoms with Gasteiger partial charge >= 0.3 is 0 Å². The summed E-state index contributed by atoms with van der Waals surface area (Å²) in [5, 5.41) is 3.26. The minimum atomic E-state index is -4.26. The maximum Gasteiger partial charge on any atom is 0.264 e. The molecule has 46 heavy (non-hydrogen) atoms. The van der Waals surface area contributed by atoms with E-state index < -0.39 is 34.3 Å². The van der Waals surface area contributed by atoms with E-state index in [4.69, 9.17) is 11.6 Å². The summed E-state index contributed by atoms with van der Waals surface area (Å²) in [5.41, 5.74) is 3.13. The maximum atomic E-state index is 14.5. The van der Waals surface area contributed by atoms with Gasteiger partial charge in [0.1, 0.15) is 18.4 Å². The van der Waals surface area contributed by atoms with Crippen molar-refractivity contribution in [3.63, 3.8) is 0 Å². The normalized spacial score (nSPS) is 11.9. The fourth-order valence-electron chi connectivity index (χ4n) is 5.05. The van der Waals surface area contributed by atoms with Crippen LogP contribution in [-0.4, -0.2) is 44.3 Å². The van der Waals surface area contributed by atoms with Crippen molar-refractivity contribution in [3.05, 3.63) is 130 Å². The molecule has 0 aliphatic heterocycles. The minimum absolute atomic E-state index is 0.00787. The molecule has 242 valence electrons. The van der Waals surface area contributed by atoms with Crippen molar-refractivity contribution in [3.8, 4) is 0 Å². The SMILES string of the molecule is CCCCNC(=O)C(Cc1ccccc1)N(Cc1ccc(F)cc1)C(=O)CN(c1cc(Cl)ccc1C)S(=O)(=O)c1ccc(C)cc1. The number of nitrogens with one attached hydrogen (secondary N) is 1. The first-order valence-electron chi connectivity index (χ1n) is 15.2. The number of halogens is 2. The number of carbonyl (C=O) groups excluding carboxylic acids is 2. The summed E-state index contributed by atoms with van der Waals surface area (Å²) in [5.74, 6) is -1.41. The van der Waals surface area contributed by atoms with Crippen molar-refractivity contribution in [2.24, 2.45) is 0 Å². The lowest BCUT2D eigenvalue weighted by atomic mass is 10.0. The summed E-state index contributed by atoms with van der Waals surface area (Å²) >= 11 is 6.34. The smallest absolute Gasteiger partial charge is 0.264 e. The number of hydrogen-bond acceptors (Lipinski definition) is 4. The Balaban J connectivity index is 1.81. The lowest BCUT2D eigenvalue weighted by Gasteiger charge is -2.34. The molecule has 0 radical (unpaired) electrons. The van der Waals surface area contributed by atoms with E-state index in [-0.39, 0.29) is 29.5 Å². The topological polar surface area (TPSA) is 86.8 Å². The Kier molecular flexibility index (Phi) is 12.0. The summed E-state index contributed by atoms with van der Waals surface area (Å²) in [4.78, 5) is 29.7. The quantitative estimate of drug-likeness (QED) is 0.150. The van der Waals surface area contributed by atoms with E-state index in [1.165, 1.54) is 35.2 Å². The van der Waals surface area contributed by atoms with Gasteiger partial charge < -0.3 is 10.2 Å². The Morgan fingerprint density at radius 2 is 1.57 bits per heavy atom. The van der Waals surface area contributed by atoms with Crippen molar-refractivity contribution in [1.82, 2.24) is 10.2 Å². The van der Waals surface area contributed by atoms with Crippen LogP contribution < -0.4 is 9.62 Å². The first-order valence-corrected chi connectivity index (χ1v) is 17.0. The fraction of sp³-hybridized carbons (Fsp3) is 0.278. The number of rotatable bonds is 14. The molecule has 0 spiro atoms. The zero-order valence-electron chi connectivity index (χ0n) is 26.2. The average Bonchev–Trinajstić information content (AvgIpc) is 3.04. The zero-order valence-corrected chi connectivity index (χ0v) is 27.8. The van der Waals surface area contributed by atoms with E-state index in [0.29, 0.717) is 22.7 Å². The molecule has 0 aliphatic rings. The lowest BCUT2D eigenvalue weighted by Crippen LogP contribution is -2.53. The zero-order chi connectivity index (χ0) is 33.3. The highest BCUT2D eigenvalue weighted by atomic mass is 35.5. The monoisotopic (exact) mass is 663 g/mol. The number of nitrogens with zero attached hydrogens (tertiary/aromatic N) is 2. The van der Waals surface area contributed by atoms with Gasteiger partial charge in [0.05, 0.1) is 10.6 Å². The third-order valence-corrected chi connectivity index (χ3v) is 9.70. The van der Waals surface area contributed by atoms with Crippen LogP contribution in [0, 0.1) is 19.7 Å². The van der Waals surface area contributed by atoms with Crippen molar-refractivity contribution in [2.45, 2.75) is 57.5 Å². The summed E-state index contributed by atoms with van der Waals surface area (Å²) in [6, 6.07) is 25.2. The molecule has 1 N–H and O–H groups in total. The molecule has 0 heterocycles. The van der Waals surface area contributed by atoms with Gasteiger partial charge in [-0.05, 0) is 73.4 Å². The molecule has 0 aromatic heterocycles. The van der Waals surface area contributed by atoms with Gasteiger partial charge in [-0.2, -0.15) is 0 Å². The highest BCUT2D eigenvalue weighted by Crippen LogP contribution is 2.30. The number of anilines is 1. The van der Waals surface area contributed by atoms with Gasteiger partial charge in [-0.1, -0.05) is 91.2 Å². The van der Waals surface area contributed by atoms with E-state index in [0.717, 1.165) is 28.3 Å². The van der Waals surface area contributed by atoms with E-state index in [9.17, 15) is 22.4 Å². The van der Waals surface area contributed by atoms with Gasteiger partial charge in [-0.25, -0.2) is 12.8 Å². The number of unbranched alkanes of at least 4 members (excludes halogenated alkanes) is 1. The van der Waals surface area contributed by atoms with E-state index >= 15 is 0 Å². The molecule has 1 unspecified atom stereocenters. The first-order chi connectivity index (χ1) is 22.0. The van der Waals surface area contributed by atoms with Crippen LogP contribution in [0.25, 0.3) is 0 Å². The average molecular weight is 664 g/mol. The molecule has 4 aromatic rings. The third kappa shape index (κ3) is 8.95. The number of carbonyl (C=O) groups is 2. The van der Waals surface area contributed by atoms with E-state index in [1.54, 1.807) is 43.3 Å². The molecule has 10 heteroatoms. The molecule has 1 atom stereocenters. The highest BCUT2D eigenvalue weighted by Gasteiger charge is 2.35. The summed E-state index contributed by atoms with van der Waals surface area (Å²) in [6.07, 6.45) is 1.81. The van der Waals surface area contributed by atoms with Crippen LogP contribution >= 0.6 is 11.6 Å². The summed E-state index contributed by atoms with van der Waals surface area (Å²) < 4.78 is 43.3. The van der Waals surface area contributed by atoms with Gasteiger partial charge in [0, 0.05) is 24.5 Å². The Morgan fingerprint density at radius 1 is 0.891 bits per heavy atom. The molecule has 2 amide bonds. The molecule has 4 rings (SSSR count). The van der Waals surface area contributed by atoms with E-state index in [1.807, 2.05) is 44.2 Å². The Bertz CT molecular complexity index is 1730. The summed E-state index contributed by atoms with van der Waals surface area (Å²) in [6.45, 7) is 5.37. The molecule has 0 fully saturated rings. The predicted octanol–water partition coefficient (Wildman–Crippen LogP) is 6.85. The predicted molar refractivity (Wildman–Crippen MR) is 181 cm³/mol. The van der Waals surface area contributed by atoms with Crippen LogP contribution in [-0.2, 0) is 32.6 Å². The van der Waals surface area contributed by atoms with Crippen molar-refractivity contribution in [1.29, 1.82) is 0 Å². The Labute approximate surface area is 276 Å². The molecule has 0 aliphatic carbocycles. The molecular formula is C36H39ClFN3O4S. The molecular weight excluding hydrogens is 625 g/mol. The standard InChI is InChI=1S/C36H39ClFN3O4S/c1-4-5-21-39-36(43)34(22-28-9-7-6-8-10-28)40(24-29-14-17-31(38)18-15-29)35(42)25-41(33-23-30(37)16-13-27(33)3)46(44,45)32-19-11-26(2)12-20-32/h6-20,23,34H,4-5,21-22,24-25H2,1-3H3,(H,39,43). The molecule has 0 saturated carbocycles. The van der Waals surface area contributed by atoms with Crippen LogP contribution in [0.5, 0.6) is 0 Å². The molecule has 4 aromatic carbocycles. The highest BCUT2D eigenvalue weighted by molar-refractivity contribution is 7.92. The fourth-order valence-corrected chi connectivity index (χ4v) is 6.69. The van der Waals surface area contributed by atoms with Crippen LogP contribution in [0.4, 0.5) is 10.1 Å². The van der Waals surface area contributed by atoms with Gasteiger partial charge in [0.25, 0.3) is 10.0 Å². The second-order valence-electron chi connectivity index (χ2n) is 11.3. The van der Waals surface area contributed by atoms with Crippen molar-refractivity contribution in [2.75, 3.05) is 17.4 Å².